The highest BCUT2D eigenvalue weighted by atomic mass is 16.7. The summed E-state index contributed by atoms with van der Waals surface area (Å²) in [6, 6.07) is -0.657. The Labute approximate surface area is 77.2 Å². The van der Waals surface area contributed by atoms with Crippen LogP contribution in [0.25, 0.3) is 0 Å². The largest absolute Gasteiger partial charge is 0.427 e. The van der Waals surface area contributed by atoms with E-state index in [2.05, 4.69) is 9.47 Å². The van der Waals surface area contributed by atoms with Gasteiger partial charge < -0.3 is 15.2 Å². The van der Waals surface area contributed by atoms with Crippen LogP contribution in [0.3, 0.4) is 0 Å². The summed E-state index contributed by atoms with van der Waals surface area (Å²) in [5, 5.41) is 0. The van der Waals surface area contributed by atoms with Crippen LogP contribution in [0.1, 0.15) is 20.3 Å². The summed E-state index contributed by atoms with van der Waals surface area (Å²) in [5.41, 5.74) is 5.47. The molecule has 5 nitrogen and oxygen atoms in total. The number of rotatable bonds is 6. The van der Waals surface area contributed by atoms with Gasteiger partial charge in [-0.1, -0.05) is 13.8 Å². The molecule has 0 amide bonds. The second kappa shape index (κ2) is 6.42. The SMILES string of the molecule is CC(C)C[C@H](N)C(=O)OCO[C]=O. The van der Waals surface area contributed by atoms with Crippen LogP contribution >= 0.6 is 0 Å². The van der Waals surface area contributed by atoms with Gasteiger partial charge in [-0.25, -0.2) is 4.79 Å². The summed E-state index contributed by atoms with van der Waals surface area (Å²) >= 11 is 0. The second-order valence-corrected chi connectivity index (χ2v) is 3.04. The van der Waals surface area contributed by atoms with Crippen LogP contribution in [-0.4, -0.2) is 25.3 Å². The zero-order valence-corrected chi connectivity index (χ0v) is 7.78. The number of nitrogens with two attached hydrogens (primary N) is 1. The quantitative estimate of drug-likeness (QED) is 0.359. The number of hydrogen-bond acceptors (Lipinski definition) is 5. The molecule has 0 aliphatic heterocycles. The van der Waals surface area contributed by atoms with Crippen molar-refractivity contribution < 1.29 is 19.1 Å². The molecule has 0 aromatic carbocycles. The average molecular weight is 188 g/mol. The first-order chi connectivity index (χ1) is 6.07. The van der Waals surface area contributed by atoms with Gasteiger partial charge in [-0.15, -0.1) is 0 Å². The molecule has 1 radical (unpaired) electrons. The van der Waals surface area contributed by atoms with Crippen molar-refractivity contribution in [3.05, 3.63) is 0 Å². The Morgan fingerprint density at radius 3 is 2.62 bits per heavy atom. The van der Waals surface area contributed by atoms with Gasteiger partial charge in [0.05, 0.1) is 0 Å². The Kier molecular flexibility index (Phi) is 5.88. The Morgan fingerprint density at radius 2 is 2.15 bits per heavy atom. The van der Waals surface area contributed by atoms with E-state index >= 15 is 0 Å². The Bertz CT molecular complexity index is 170. The van der Waals surface area contributed by atoms with Crippen molar-refractivity contribution in [3.63, 3.8) is 0 Å². The fraction of sp³-hybridized carbons (Fsp3) is 0.750. The maximum absolute atomic E-state index is 11.0. The third-order valence-corrected chi connectivity index (χ3v) is 1.35. The predicted octanol–water partition coefficient (Wildman–Crippen LogP) is -0.0557. The molecule has 0 bridgehead atoms. The van der Waals surface area contributed by atoms with Gasteiger partial charge in [-0.2, -0.15) is 0 Å². The van der Waals surface area contributed by atoms with Gasteiger partial charge in [0.25, 0.3) is 0 Å². The van der Waals surface area contributed by atoms with Gasteiger partial charge in [-0.3, -0.25) is 4.79 Å². The van der Waals surface area contributed by atoms with Crippen molar-refractivity contribution in [1.29, 1.82) is 0 Å². The zero-order chi connectivity index (χ0) is 10.3. The van der Waals surface area contributed by atoms with E-state index in [4.69, 9.17) is 5.73 Å². The van der Waals surface area contributed by atoms with Crippen molar-refractivity contribution in [2.75, 3.05) is 6.79 Å². The van der Waals surface area contributed by atoms with Crippen molar-refractivity contribution in [3.8, 4) is 0 Å². The van der Waals surface area contributed by atoms with E-state index in [0.717, 1.165) is 6.47 Å². The smallest absolute Gasteiger partial charge is 0.420 e. The minimum Gasteiger partial charge on any atom is -0.427 e. The van der Waals surface area contributed by atoms with Crippen LogP contribution in [-0.2, 0) is 19.1 Å². The van der Waals surface area contributed by atoms with E-state index in [-0.39, 0.29) is 0 Å². The lowest BCUT2D eigenvalue weighted by Crippen LogP contribution is -2.34. The number of ether oxygens (including phenoxy) is 2. The molecular weight excluding hydrogens is 174 g/mol. The Balaban J connectivity index is 3.62. The van der Waals surface area contributed by atoms with E-state index in [0.29, 0.717) is 12.3 Å². The van der Waals surface area contributed by atoms with Gasteiger partial charge in [0.2, 0.25) is 6.79 Å². The number of hydrogen-bond donors (Lipinski definition) is 1. The number of carbonyl (C=O) groups excluding carboxylic acids is 2. The lowest BCUT2D eigenvalue weighted by Gasteiger charge is -2.12. The molecule has 1 atom stereocenters. The fourth-order valence-corrected chi connectivity index (χ4v) is 0.823. The first-order valence-corrected chi connectivity index (χ1v) is 3.99. The van der Waals surface area contributed by atoms with E-state index < -0.39 is 18.8 Å². The van der Waals surface area contributed by atoms with Crippen molar-refractivity contribution in [2.45, 2.75) is 26.3 Å². The first kappa shape index (κ1) is 11.9. The van der Waals surface area contributed by atoms with Crippen LogP contribution in [0.15, 0.2) is 0 Å². The number of carbonyl (C=O) groups is 1. The molecule has 75 valence electrons. The van der Waals surface area contributed by atoms with Crippen LogP contribution in [0.4, 0.5) is 0 Å². The fourth-order valence-electron chi connectivity index (χ4n) is 0.823. The molecule has 0 saturated carbocycles. The third kappa shape index (κ3) is 6.10. The van der Waals surface area contributed by atoms with Gasteiger partial charge in [-0.05, 0) is 12.3 Å². The van der Waals surface area contributed by atoms with E-state index in [1.807, 2.05) is 13.8 Å². The maximum atomic E-state index is 11.0. The van der Waals surface area contributed by atoms with Crippen LogP contribution in [0, 0.1) is 5.92 Å². The predicted molar refractivity (Wildman–Crippen MR) is 45.2 cm³/mol. The maximum Gasteiger partial charge on any atom is 0.420 e. The molecule has 0 unspecified atom stereocenters. The average Bonchev–Trinajstić information content (AvgIpc) is 2.03. The Hall–Kier alpha value is -1.10. The summed E-state index contributed by atoms with van der Waals surface area (Å²) < 4.78 is 8.55. The molecule has 0 spiro atoms. The van der Waals surface area contributed by atoms with Gasteiger partial charge >= 0.3 is 12.4 Å². The summed E-state index contributed by atoms with van der Waals surface area (Å²) in [7, 11) is 0. The summed E-state index contributed by atoms with van der Waals surface area (Å²) in [6.07, 6.45) is 0.545. The monoisotopic (exact) mass is 188 g/mol. The highest BCUT2D eigenvalue weighted by molar-refractivity contribution is 5.75. The van der Waals surface area contributed by atoms with Gasteiger partial charge in [0, 0.05) is 0 Å². The minimum atomic E-state index is -0.657. The van der Waals surface area contributed by atoms with Crippen LogP contribution in [0.2, 0.25) is 0 Å². The zero-order valence-electron chi connectivity index (χ0n) is 7.78. The molecule has 0 aromatic heterocycles. The third-order valence-electron chi connectivity index (χ3n) is 1.35. The van der Waals surface area contributed by atoms with E-state index in [1.54, 1.807) is 0 Å². The minimum absolute atomic E-state index is 0.320. The first-order valence-electron chi connectivity index (χ1n) is 3.99. The highest BCUT2D eigenvalue weighted by Crippen LogP contribution is 2.03. The molecule has 0 aliphatic rings. The van der Waals surface area contributed by atoms with E-state index in [9.17, 15) is 9.59 Å². The molecular formula is C8H14NO4. The molecule has 5 heteroatoms. The summed E-state index contributed by atoms with van der Waals surface area (Å²) in [5.74, 6) is -0.245. The van der Waals surface area contributed by atoms with E-state index in [1.165, 1.54) is 0 Å². The lowest BCUT2D eigenvalue weighted by atomic mass is 10.1. The molecule has 0 saturated heterocycles. The lowest BCUT2D eigenvalue weighted by molar-refractivity contribution is -0.152. The van der Waals surface area contributed by atoms with Crippen LogP contribution < -0.4 is 5.73 Å². The molecule has 2 N–H and O–H groups in total. The standard InChI is InChI=1S/C8H14NO4/c1-6(2)3-7(9)8(11)13-5-12-4-10/h6-7H,3,5,9H2,1-2H3/t7-/m0/s1. The van der Waals surface area contributed by atoms with Gasteiger partial charge in [0.15, 0.2) is 0 Å². The van der Waals surface area contributed by atoms with Crippen molar-refractivity contribution in [1.82, 2.24) is 0 Å². The normalized spacial score (nSPS) is 12.3. The van der Waals surface area contributed by atoms with Crippen molar-refractivity contribution >= 4 is 12.4 Å². The van der Waals surface area contributed by atoms with Crippen molar-refractivity contribution in [2.24, 2.45) is 11.7 Å². The summed E-state index contributed by atoms with van der Waals surface area (Å²) in [4.78, 5) is 20.6. The summed E-state index contributed by atoms with van der Waals surface area (Å²) in [6.45, 7) is 4.61. The molecule has 0 rings (SSSR count). The van der Waals surface area contributed by atoms with Gasteiger partial charge in [0.1, 0.15) is 6.04 Å². The molecule has 13 heavy (non-hydrogen) atoms. The molecule has 0 aromatic rings. The molecule has 0 heterocycles. The second-order valence-electron chi connectivity index (χ2n) is 3.04. The Morgan fingerprint density at radius 1 is 1.54 bits per heavy atom. The topological polar surface area (TPSA) is 78.6 Å². The molecule has 0 fully saturated rings. The highest BCUT2D eigenvalue weighted by Gasteiger charge is 2.16. The van der Waals surface area contributed by atoms with Crippen LogP contribution in [0.5, 0.6) is 0 Å². The number of esters is 1. The molecule has 0 aliphatic carbocycles.